The number of benzene rings is 1. The molecule has 5 nitrogen and oxygen atoms in total. The third-order valence-corrected chi connectivity index (χ3v) is 2.32. The highest BCUT2D eigenvalue weighted by molar-refractivity contribution is 6.00. The molecule has 0 aliphatic rings. The van der Waals surface area contributed by atoms with Gasteiger partial charge in [-0.2, -0.15) is 0 Å². The standard InChI is InChI=1S/C13H19N3O2/c1-3-6-15-12-5-4-10(14)9-11(12)13(17)16-7-8-18-2/h3-5,9,15H,1,6-8,14H2,2H3,(H,16,17). The molecule has 1 rings (SSSR count). The Labute approximate surface area is 107 Å². The quantitative estimate of drug-likeness (QED) is 0.386. The predicted molar refractivity (Wildman–Crippen MR) is 73.8 cm³/mol. The number of rotatable bonds is 7. The summed E-state index contributed by atoms with van der Waals surface area (Å²) >= 11 is 0. The molecule has 0 bridgehead atoms. The zero-order valence-corrected chi connectivity index (χ0v) is 10.5. The third-order valence-electron chi connectivity index (χ3n) is 2.32. The normalized spacial score (nSPS) is 9.83. The highest BCUT2D eigenvalue weighted by atomic mass is 16.5. The van der Waals surface area contributed by atoms with Gasteiger partial charge in [0.05, 0.1) is 12.2 Å². The van der Waals surface area contributed by atoms with Gasteiger partial charge < -0.3 is 21.1 Å². The minimum atomic E-state index is -0.175. The molecule has 0 aromatic heterocycles. The zero-order valence-electron chi connectivity index (χ0n) is 10.5. The van der Waals surface area contributed by atoms with E-state index in [-0.39, 0.29) is 5.91 Å². The summed E-state index contributed by atoms with van der Waals surface area (Å²) in [6.45, 7) is 5.15. The van der Waals surface area contributed by atoms with E-state index in [1.807, 2.05) is 0 Å². The number of nitrogens with one attached hydrogen (secondary N) is 2. The molecule has 0 aliphatic carbocycles. The van der Waals surface area contributed by atoms with Crippen molar-refractivity contribution in [2.45, 2.75) is 0 Å². The summed E-state index contributed by atoms with van der Waals surface area (Å²) in [5.74, 6) is -0.175. The molecule has 0 saturated carbocycles. The molecule has 0 spiro atoms. The van der Waals surface area contributed by atoms with Crippen molar-refractivity contribution in [3.8, 4) is 0 Å². The molecular weight excluding hydrogens is 230 g/mol. The first kappa shape index (κ1) is 14.1. The van der Waals surface area contributed by atoms with Crippen LogP contribution < -0.4 is 16.4 Å². The molecule has 1 aromatic carbocycles. The lowest BCUT2D eigenvalue weighted by molar-refractivity contribution is 0.0938. The van der Waals surface area contributed by atoms with E-state index >= 15 is 0 Å². The van der Waals surface area contributed by atoms with Gasteiger partial charge in [-0.05, 0) is 18.2 Å². The molecule has 0 radical (unpaired) electrons. The van der Waals surface area contributed by atoms with E-state index in [1.54, 1.807) is 31.4 Å². The summed E-state index contributed by atoms with van der Waals surface area (Å²) < 4.78 is 4.88. The highest BCUT2D eigenvalue weighted by Gasteiger charge is 2.10. The number of amides is 1. The number of hydrogen-bond donors (Lipinski definition) is 3. The van der Waals surface area contributed by atoms with E-state index in [0.29, 0.717) is 30.9 Å². The van der Waals surface area contributed by atoms with Crippen LogP contribution in [-0.4, -0.2) is 32.7 Å². The van der Waals surface area contributed by atoms with E-state index in [0.717, 1.165) is 5.69 Å². The first-order valence-electron chi connectivity index (χ1n) is 5.70. The smallest absolute Gasteiger partial charge is 0.253 e. The molecule has 5 heteroatoms. The van der Waals surface area contributed by atoms with Crippen LogP contribution in [0, 0.1) is 0 Å². The minimum Gasteiger partial charge on any atom is -0.399 e. The summed E-state index contributed by atoms with van der Waals surface area (Å²) in [4.78, 5) is 12.0. The molecule has 4 N–H and O–H groups in total. The van der Waals surface area contributed by atoms with E-state index in [9.17, 15) is 4.79 Å². The van der Waals surface area contributed by atoms with Gasteiger partial charge in [0, 0.05) is 31.6 Å². The largest absolute Gasteiger partial charge is 0.399 e. The van der Waals surface area contributed by atoms with Gasteiger partial charge in [-0.15, -0.1) is 6.58 Å². The molecule has 0 heterocycles. The monoisotopic (exact) mass is 249 g/mol. The molecule has 1 amide bonds. The molecule has 0 unspecified atom stereocenters. The maximum atomic E-state index is 12.0. The van der Waals surface area contributed by atoms with E-state index in [4.69, 9.17) is 10.5 Å². The Bertz CT molecular complexity index is 419. The van der Waals surface area contributed by atoms with Gasteiger partial charge in [-0.1, -0.05) is 6.08 Å². The van der Waals surface area contributed by atoms with Gasteiger partial charge in [0.2, 0.25) is 0 Å². The van der Waals surface area contributed by atoms with Crippen molar-refractivity contribution in [3.63, 3.8) is 0 Å². The number of anilines is 2. The van der Waals surface area contributed by atoms with Crippen molar-refractivity contribution in [3.05, 3.63) is 36.4 Å². The van der Waals surface area contributed by atoms with Crippen molar-refractivity contribution < 1.29 is 9.53 Å². The number of hydrogen-bond acceptors (Lipinski definition) is 4. The van der Waals surface area contributed by atoms with Crippen LogP contribution in [0.25, 0.3) is 0 Å². The summed E-state index contributed by atoms with van der Waals surface area (Å²) in [7, 11) is 1.59. The first-order valence-corrected chi connectivity index (χ1v) is 5.70. The second-order valence-corrected chi connectivity index (χ2v) is 3.72. The van der Waals surface area contributed by atoms with Gasteiger partial charge in [-0.3, -0.25) is 4.79 Å². The molecule has 0 saturated heterocycles. The van der Waals surface area contributed by atoms with Crippen molar-refractivity contribution in [2.75, 3.05) is 37.9 Å². The van der Waals surface area contributed by atoms with Crippen molar-refractivity contribution in [1.82, 2.24) is 5.32 Å². The van der Waals surface area contributed by atoms with Gasteiger partial charge in [-0.25, -0.2) is 0 Å². The lowest BCUT2D eigenvalue weighted by atomic mass is 10.1. The molecule has 0 atom stereocenters. The van der Waals surface area contributed by atoms with Crippen LogP contribution in [0.5, 0.6) is 0 Å². The van der Waals surface area contributed by atoms with Gasteiger partial charge in [0.25, 0.3) is 5.91 Å². The molecule has 98 valence electrons. The van der Waals surface area contributed by atoms with E-state index in [1.165, 1.54) is 0 Å². The van der Waals surface area contributed by atoms with Crippen LogP contribution in [0.4, 0.5) is 11.4 Å². The van der Waals surface area contributed by atoms with Crippen LogP contribution in [0.3, 0.4) is 0 Å². The van der Waals surface area contributed by atoms with Gasteiger partial charge >= 0.3 is 0 Å². The number of nitrogens with two attached hydrogens (primary N) is 1. The van der Waals surface area contributed by atoms with Gasteiger partial charge in [0.15, 0.2) is 0 Å². The maximum Gasteiger partial charge on any atom is 0.253 e. The SMILES string of the molecule is C=CCNc1ccc(N)cc1C(=O)NCCOC. The Morgan fingerprint density at radius 3 is 3.00 bits per heavy atom. The Hall–Kier alpha value is -2.01. The molecule has 1 aromatic rings. The second kappa shape index (κ2) is 7.34. The van der Waals surface area contributed by atoms with Crippen LogP contribution in [0.2, 0.25) is 0 Å². The Kier molecular flexibility index (Phi) is 5.73. The summed E-state index contributed by atoms with van der Waals surface area (Å²) in [5, 5.41) is 5.85. The van der Waals surface area contributed by atoms with Crippen molar-refractivity contribution >= 4 is 17.3 Å². The number of ether oxygens (including phenoxy) is 1. The zero-order chi connectivity index (χ0) is 13.4. The van der Waals surface area contributed by atoms with Crippen molar-refractivity contribution in [1.29, 1.82) is 0 Å². The van der Waals surface area contributed by atoms with Gasteiger partial charge in [0.1, 0.15) is 0 Å². The van der Waals surface area contributed by atoms with Crippen LogP contribution in [-0.2, 0) is 4.74 Å². The molecule has 0 aliphatic heterocycles. The second-order valence-electron chi connectivity index (χ2n) is 3.72. The lowest BCUT2D eigenvalue weighted by Crippen LogP contribution is -2.27. The third kappa shape index (κ3) is 4.10. The summed E-state index contributed by atoms with van der Waals surface area (Å²) in [6, 6.07) is 5.18. The fourth-order valence-electron chi connectivity index (χ4n) is 1.45. The summed E-state index contributed by atoms with van der Waals surface area (Å²) in [5.41, 5.74) is 7.50. The summed E-state index contributed by atoms with van der Waals surface area (Å²) in [6.07, 6.45) is 1.73. The average molecular weight is 249 g/mol. The lowest BCUT2D eigenvalue weighted by Gasteiger charge is -2.11. The highest BCUT2D eigenvalue weighted by Crippen LogP contribution is 2.18. The Balaban J connectivity index is 2.79. The number of nitrogen functional groups attached to an aromatic ring is 1. The topological polar surface area (TPSA) is 76.4 Å². The fourth-order valence-corrected chi connectivity index (χ4v) is 1.45. The number of carbonyl (C=O) groups excluding carboxylic acids is 1. The fraction of sp³-hybridized carbons (Fsp3) is 0.308. The maximum absolute atomic E-state index is 12.0. The van der Waals surface area contributed by atoms with E-state index < -0.39 is 0 Å². The number of carbonyl (C=O) groups is 1. The Morgan fingerprint density at radius 1 is 1.56 bits per heavy atom. The number of methoxy groups -OCH3 is 1. The molecule has 18 heavy (non-hydrogen) atoms. The van der Waals surface area contributed by atoms with Crippen LogP contribution in [0.1, 0.15) is 10.4 Å². The first-order chi connectivity index (χ1) is 8.69. The molecular formula is C13H19N3O2. The average Bonchev–Trinajstić information content (AvgIpc) is 2.37. The van der Waals surface area contributed by atoms with E-state index in [2.05, 4.69) is 17.2 Å². The van der Waals surface area contributed by atoms with Crippen molar-refractivity contribution in [2.24, 2.45) is 0 Å². The van der Waals surface area contributed by atoms with Crippen LogP contribution >= 0.6 is 0 Å². The Morgan fingerprint density at radius 2 is 2.33 bits per heavy atom. The predicted octanol–water partition coefficient (Wildman–Crippen LogP) is 1.24. The molecule has 0 fully saturated rings. The minimum absolute atomic E-state index is 0.175. The van der Waals surface area contributed by atoms with Crippen LogP contribution in [0.15, 0.2) is 30.9 Å².